The van der Waals surface area contributed by atoms with Crippen molar-refractivity contribution in [1.82, 2.24) is 9.55 Å². The van der Waals surface area contributed by atoms with Gasteiger partial charge >= 0.3 is 0 Å². The lowest BCUT2D eigenvalue weighted by Crippen LogP contribution is -2.14. The topological polar surface area (TPSA) is 17.8 Å². The number of imidazole rings is 1. The summed E-state index contributed by atoms with van der Waals surface area (Å²) in [5.41, 5.74) is 0. The number of hydrogen-bond acceptors (Lipinski definition) is 1. The van der Waals surface area contributed by atoms with E-state index in [1.54, 1.807) is 0 Å². The molecule has 0 amide bonds. The third-order valence-electron chi connectivity index (χ3n) is 2.63. The summed E-state index contributed by atoms with van der Waals surface area (Å²) in [6.45, 7) is 7.73. The van der Waals surface area contributed by atoms with Crippen LogP contribution in [0.2, 0.25) is 0 Å². The molecular weight excluding hydrogens is 252 g/mol. The number of aromatic nitrogens is 2. The number of rotatable bonds is 6. The Hall–Kier alpha value is -0.310. The van der Waals surface area contributed by atoms with E-state index in [4.69, 9.17) is 0 Å². The molecular formula is C12H21BrN2. The predicted molar refractivity (Wildman–Crippen MR) is 68.5 cm³/mol. The lowest BCUT2D eigenvalue weighted by atomic mass is 10.1. The lowest BCUT2D eigenvalue weighted by Gasteiger charge is -2.16. The van der Waals surface area contributed by atoms with E-state index >= 15 is 0 Å². The van der Waals surface area contributed by atoms with E-state index in [0.717, 1.165) is 17.8 Å². The molecule has 0 radical (unpaired) electrons. The SMILES string of the molecule is CCCC(CBr)Cn1ccnc1C(C)C. The Balaban J connectivity index is 2.65. The van der Waals surface area contributed by atoms with Gasteiger partial charge in [-0.1, -0.05) is 43.1 Å². The fourth-order valence-electron chi connectivity index (χ4n) is 1.88. The Labute approximate surface area is 101 Å². The molecule has 1 heterocycles. The molecule has 0 aliphatic carbocycles. The highest BCUT2D eigenvalue weighted by molar-refractivity contribution is 9.09. The Morgan fingerprint density at radius 1 is 1.47 bits per heavy atom. The van der Waals surface area contributed by atoms with Crippen molar-refractivity contribution in [2.24, 2.45) is 5.92 Å². The van der Waals surface area contributed by atoms with Crippen LogP contribution in [0.15, 0.2) is 12.4 Å². The summed E-state index contributed by atoms with van der Waals surface area (Å²) in [5.74, 6) is 2.44. The largest absolute Gasteiger partial charge is 0.334 e. The molecule has 0 fully saturated rings. The van der Waals surface area contributed by atoms with Crippen LogP contribution in [0.5, 0.6) is 0 Å². The molecule has 0 spiro atoms. The summed E-state index contributed by atoms with van der Waals surface area (Å²) in [6.07, 6.45) is 6.54. The van der Waals surface area contributed by atoms with Gasteiger partial charge < -0.3 is 4.57 Å². The maximum Gasteiger partial charge on any atom is 0.111 e. The minimum atomic E-state index is 0.512. The van der Waals surface area contributed by atoms with Crippen LogP contribution in [-0.4, -0.2) is 14.9 Å². The number of halogens is 1. The monoisotopic (exact) mass is 272 g/mol. The zero-order valence-corrected chi connectivity index (χ0v) is 11.5. The first-order chi connectivity index (χ1) is 7.19. The lowest BCUT2D eigenvalue weighted by molar-refractivity contribution is 0.441. The van der Waals surface area contributed by atoms with Gasteiger partial charge in [0.25, 0.3) is 0 Å². The number of alkyl halides is 1. The van der Waals surface area contributed by atoms with Gasteiger partial charge in [-0.2, -0.15) is 0 Å². The van der Waals surface area contributed by atoms with E-state index in [0.29, 0.717) is 5.92 Å². The Bertz CT molecular complexity index is 281. The quantitative estimate of drug-likeness (QED) is 0.720. The maximum atomic E-state index is 4.41. The zero-order valence-electron chi connectivity index (χ0n) is 9.91. The fourth-order valence-corrected chi connectivity index (χ4v) is 2.41. The van der Waals surface area contributed by atoms with Crippen molar-refractivity contribution in [3.63, 3.8) is 0 Å². The molecule has 1 aromatic rings. The highest BCUT2D eigenvalue weighted by atomic mass is 79.9. The van der Waals surface area contributed by atoms with Gasteiger partial charge in [-0.05, 0) is 12.3 Å². The molecule has 1 atom stereocenters. The predicted octanol–water partition coefficient (Wildman–Crippen LogP) is 3.82. The molecule has 86 valence electrons. The van der Waals surface area contributed by atoms with Gasteiger partial charge in [0.1, 0.15) is 5.82 Å². The van der Waals surface area contributed by atoms with Crippen molar-refractivity contribution in [3.8, 4) is 0 Å². The van der Waals surface area contributed by atoms with E-state index in [-0.39, 0.29) is 0 Å². The van der Waals surface area contributed by atoms with Crippen LogP contribution >= 0.6 is 15.9 Å². The second-order valence-corrected chi connectivity index (χ2v) is 5.05. The van der Waals surface area contributed by atoms with Crippen LogP contribution in [0.4, 0.5) is 0 Å². The first kappa shape index (κ1) is 12.8. The molecule has 1 unspecified atom stereocenters. The third kappa shape index (κ3) is 3.63. The molecule has 0 aromatic carbocycles. The molecule has 0 N–H and O–H groups in total. The molecule has 1 rings (SSSR count). The van der Waals surface area contributed by atoms with Gasteiger partial charge in [-0.15, -0.1) is 0 Å². The first-order valence-corrected chi connectivity index (χ1v) is 6.88. The van der Waals surface area contributed by atoms with Crippen molar-refractivity contribution < 1.29 is 0 Å². The van der Waals surface area contributed by atoms with Crippen LogP contribution in [0.3, 0.4) is 0 Å². The van der Waals surface area contributed by atoms with Crippen LogP contribution in [0.1, 0.15) is 45.4 Å². The van der Waals surface area contributed by atoms with Gasteiger partial charge in [0.2, 0.25) is 0 Å². The highest BCUT2D eigenvalue weighted by Gasteiger charge is 2.11. The summed E-state index contributed by atoms with van der Waals surface area (Å²) in [4.78, 5) is 4.41. The van der Waals surface area contributed by atoms with Crippen LogP contribution in [0, 0.1) is 5.92 Å². The van der Waals surface area contributed by atoms with Crippen molar-refractivity contribution in [2.75, 3.05) is 5.33 Å². The standard InChI is InChI=1S/C12H21BrN2/c1-4-5-11(8-13)9-15-7-6-14-12(15)10(2)3/h6-7,10-11H,4-5,8-9H2,1-3H3. The first-order valence-electron chi connectivity index (χ1n) is 5.76. The minimum Gasteiger partial charge on any atom is -0.334 e. The molecule has 0 bridgehead atoms. The number of nitrogens with zero attached hydrogens (tertiary/aromatic N) is 2. The zero-order chi connectivity index (χ0) is 11.3. The van der Waals surface area contributed by atoms with Crippen molar-refractivity contribution in [1.29, 1.82) is 0 Å². The van der Waals surface area contributed by atoms with Gasteiger partial charge in [0.05, 0.1) is 0 Å². The summed E-state index contributed by atoms with van der Waals surface area (Å²) >= 11 is 3.59. The highest BCUT2D eigenvalue weighted by Crippen LogP contribution is 2.17. The Morgan fingerprint density at radius 2 is 2.20 bits per heavy atom. The van der Waals surface area contributed by atoms with Crippen molar-refractivity contribution >= 4 is 15.9 Å². The molecule has 0 saturated heterocycles. The van der Waals surface area contributed by atoms with Crippen LogP contribution in [0.25, 0.3) is 0 Å². The third-order valence-corrected chi connectivity index (χ3v) is 3.55. The average molecular weight is 273 g/mol. The molecule has 3 heteroatoms. The van der Waals surface area contributed by atoms with E-state index in [2.05, 4.69) is 52.4 Å². The van der Waals surface area contributed by atoms with Crippen molar-refractivity contribution in [2.45, 2.75) is 46.1 Å². The van der Waals surface area contributed by atoms with E-state index in [1.165, 1.54) is 18.7 Å². The number of hydrogen-bond donors (Lipinski definition) is 0. The van der Waals surface area contributed by atoms with E-state index < -0.39 is 0 Å². The second kappa shape index (κ2) is 6.31. The molecule has 2 nitrogen and oxygen atoms in total. The van der Waals surface area contributed by atoms with Gasteiger partial charge in [0.15, 0.2) is 0 Å². The smallest absolute Gasteiger partial charge is 0.111 e. The Morgan fingerprint density at radius 3 is 2.73 bits per heavy atom. The molecule has 0 aliphatic rings. The Kier molecular flexibility index (Phi) is 5.37. The molecule has 15 heavy (non-hydrogen) atoms. The van der Waals surface area contributed by atoms with Crippen LogP contribution < -0.4 is 0 Å². The molecule has 0 saturated carbocycles. The molecule has 0 aliphatic heterocycles. The summed E-state index contributed by atoms with van der Waals surface area (Å²) in [6, 6.07) is 0. The second-order valence-electron chi connectivity index (χ2n) is 4.40. The van der Waals surface area contributed by atoms with E-state index in [1.807, 2.05) is 6.20 Å². The molecule has 1 aromatic heterocycles. The normalized spacial score (nSPS) is 13.4. The fraction of sp³-hybridized carbons (Fsp3) is 0.750. The summed E-state index contributed by atoms with van der Waals surface area (Å²) < 4.78 is 2.30. The van der Waals surface area contributed by atoms with Gasteiger partial charge in [-0.25, -0.2) is 4.98 Å². The summed E-state index contributed by atoms with van der Waals surface area (Å²) in [5, 5.41) is 1.08. The summed E-state index contributed by atoms with van der Waals surface area (Å²) in [7, 11) is 0. The van der Waals surface area contributed by atoms with E-state index in [9.17, 15) is 0 Å². The van der Waals surface area contributed by atoms with Gasteiger partial charge in [0, 0.05) is 30.2 Å². The maximum absolute atomic E-state index is 4.41. The van der Waals surface area contributed by atoms with Gasteiger partial charge in [-0.3, -0.25) is 0 Å². The van der Waals surface area contributed by atoms with Crippen molar-refractivity contribution in [3.05, 3.63) is 18.2 Å². The minimum absolute atomic E-state index is 0.512. The van der Waals surface area contributed by atoms with Crippen LogP contribution in [-0.2, 0) is 6.54 Å². The average Bonchev–Trinajstić information content (AvgIpc) is 2.65.